The molecule has 33 heavy (non-hydrogen) atoms. The van der Waals surface area contributed by atoms with Gasteiger partial charge in [0.1, 0.15) is 12.7 Å². The summed E-state index contributed by atoms with van der Waals surface area (Å²) < 4.78 is 6.08. The van der Waals surface area contributed by atoms with Crippen LogP contribution in [0.25, 0.3) is 0 Å². The van der Waals surface area contributed by atoms with Crippen molar-refractivity contribution < 1.29 is 24.4 Å². The molecule has 10 heteroatoms. The molecule has 1 aromatic carbocycles. The normalized spacial score (nSPS) is 22.6. The zero-order valence-corrected chi connectivity index (χ0v) is 19.6. The standard InChI is InChI=1S/C23H27ClN4O5/c1-14(2)12-33-26-28(31)27-10-4-9-23(27,22(29)30)20-15(3)25-11-18-19(20)13-32-21(18)16-5-7-17(24)8-6-16/h5-8,11,14,21H,4,9-10,12-13H2,1-3H3,(H,29,30)/t21-,23+/m0/s1. The smallest absolute Gasteiger partial charge is 0.340 e. The van der Waals surface area contributed by atoms with E-state index in [9.17, 15) is 15.1 Å². The summed E-state index contributed by atoms with van der Waals surface area (Å²) in [5.74, 6) is -0.955. The highest BCUT2D eigenvalue weighted by Crippen LogP contribution is 2.47. The molecule has 0 radical (unpaired) electrons. The van der Waals surface area contributed by atoms with Gasteiger partial charge in [0.25, 0.3) is 0 Å². The molecule has 2 aromatic rings. The third kappa shape index (κ3) is 4.11. The maximum absolute atomic E-state index is 12.9. The minimum atomic E-state index is -1.62. The predicted molar refractivity (Wildman–Crippen MR) is 119 cm³/mol. The van der Waals surface area contributed by atoms with Crippen LogP contribution in [0.4, 0.5) is 0 Å². The van der Waals surface area contributed by atoms with Crippen LogP contribution in [0.3, 0.4) is 0 Å². The first-order chi connectivity index (χ1) is 15.8. The molecule has 2 atom stereocenters. The molecule has 2 aliphatic heterocycles. The van der Waals surface area contributed by atoms with Crippen LogP contribution < -0.4 is 0 Å². The molecule has 0 aliphatic carbocycles. The van der Waals surface area contributed by atoms with Crippen LogP contribution in [-0.2, 0) is 26.5 Å². The van der Waals surface area contributed by atoms with E-state index in [0.29, 0.717) is 22.7 Å². The number of pyridine rings is 1. The van der Waals surface area contributed by atoms with Crippen LogP contribution in [0, 0.1) is 18.0 Å². The monoisotopic (exact) mass is 474 g/mol. The molecule has 0 amide bonds. The fourth-order valence-corrected chi connectivity index (χ4v) is 4.79. The number of carbonyl (C=O) groups is 1. The molecule has 1 fully saturated rings. The van der Waals surface area contributed by atoms with Crippen molar-refractivity contribution in [3.63, 3.8) is 0 Å². The summed E-state index contributed by atoms with van der Waals surface area (Å²) in [6, 6.07) is 7.32. The van der Waals surface area contributed by atoms with Crippen molar-refractivity contribution in [2.24, 2.45) is 11.2 Å². The molecule has 3 heterocycles. The zero-order chi connectivity index (χ0) is 23.8. The van der Waals surface area contributed by atoms with Crippen molar-refractivity contribution in [3.8, 4) is 0 Å². The van der Waals surface area contributed by atoms with Gasteiger partial charge in [0.2, 0.25) is 10.8 Å². The van der Waals surface area contributed by atoms with E-state index < -0.39 is 17.6 Å². The Hall–Kier alpha value is -2.91. The number of carboxylic acids is 1. The molecule has 0 unspecified atom stereocenters. The molecule has 176 valence electrons. The Balaban J connectivity index is 1.79. The fraction of sp³-hybridized carbons (Fsp3) is 0.478. The van der Waals surface area contributed by atoms with Gasteiger partial charge in [-0.2, -0.15) is 0 Å². The molecule has 2 aliphatic rings. The van der Waals surface area contributed by atoms with Crippen molar-refractivity contribution >= 4 is 17.6 Å². The van der Waals surface area contributed by atoms with Gasteiger partial charge in [-0.1, -0.05) is 37.6 Å². The van der Waals surface area contributed by atoms with Crippen molar-refractivity contribution in [3.05, 3.63) is 68.6 Å². The molecule has 1 saturated heterocycles. The van der Waals surface area contributed by atoms with E-state index in [1.165, 1.54) is 5.01 Å². The van der Waals surface area contributed by atoms with E-state index >= 15 is 0 Å². The quantitative estimate of drug-likeness (QED) is 0.357. The predicted octanol–water partition coefficient (Wildman–Crippen LogP) is 4.50. The number of hydrogen-bond acceptors (Lipinski definition) is 6. The second kappa shape index (κ2) is 9.15. The average molecular weight is 475 g/mol. The first kappa shape index (κ1) is 23.3. The van der Waals surface area contributed by atoms with Gasteiger partial charge >= 0.3 is 5.97 Å². The third-order valence-electron chi connectivity index (χ3n) is 6.12. The van der Waals surface area contributed by atoms with Gasteiger partial charge in [-0.3, -0.25) is 4.98 Å². The first-order valence-electron chi connectivity index (χ1n) is 10.9. The SMILES string of the molecule is Cc1ncc2c(c1[C@@]1(C(=O)O)CCCN1[N+]([O-])=NOCC(C)C)CO[C@H]2c1ccc(Cl)cc1. The minimum Gasteiger partial charge on any atom is -0.569 e. The van der Waals surface area contributed by atoms with E-state index in [-0.39, 0.29) is 37.1 Å². The Labute approximate surface area is 197 Å². The number of carboxylic acid groups (broad SMARTS) is 1. The van der Waals surface area contributed by atoms with Gasteiger partial charge in [-0.05, 0) is 48.9 Å². The number of fused-ring (bicyclic) bond motifs is 1. The van der Waals surface area contributed by atoms with Crippen molar-refractivity contribution in [2.75, 3.05) is 13.2 Å². The van der Waals surface area contributed by atoms with E-state index in [1.54, 1.807) is 25.3 Å². The lowest BCUT2D eigenvalue weighted by Gasteiger charge is -2.32. The summed E-state index contributed by atoms with van der Waals surface area (Å²) >= 11 is 6.03. The molecule has 0 saturated carbocycles. The largest absolute Gasteiger partial charge is 0.569 e. The number of aromatic nitrogens is 1. The Morgan fingerprint density at radius 1 is 1.45 bits per heavy atom. The molecular weight excluding hydrogens is 448 g/mol. The topological polar surface area (TPSA) is 110 Å². The minimum absolute atomic E-state index is 0.177. The number of aryl methyl sites for hydroxylation is 1. The van der Waals surface area contributed by atoms with Gasteiger partial charge in [-0.25, -0.2) is 4.79 Å². The summed E-state index contributed by atoms with van der Waals surface area (Å²) in [5, 5.41) is 28.8. The Morgan fingerprint density at radius 2 is 2.18 bits per heavy atom. The highest BCUT2D eigenvalue weighted by molar-refractivity contribution is 6.30. The molecular formula is C23H27ClN4O5. The van der Waals surface area contributed by atoms with Gasteiger partial charge in [0.15, 0.2) is 0 Å². The van der Waals surface area contributed by atoms with Crippen LogP contribution in [0.1, 0.15) is 60.7 Å². The number of aliphatic carboxylic acids is 1. The number of rotatable bonds is 7. The maximum Gasteiger partial charge on any atom is 0.340 e. The van der Waals surface area contributed by atoms with E-state index in [1.807, 2.05) is 26.0 Å². The number of halogens is 1. The molecule has 1 N–H and O–H groups in total. The molecule has 4 rings (SSSR count). The highest BCUT2D eigenvalue weighted by Gasteiger charge is 2.57. The third-order valence-corrected chi connectivity index (χ3v) is 6.37. The maximum atomic E-state index is 12.9. The molecule has 0 spiro atoms. The fourth-order valence-electron chi connectivity index (χ4n) is 4.66. The number of hydrazine groups is 1. The summed E-state index contributed by atoms with van der Waals surface area (Å²) in [7, 11) is 0. The van der Waals surface area contributed by atoms with Gasteiger partial charge < -0.3 is 19.9 Å². The Morgan fingerprint density at radius 3 is 2.85 bits per heavy atom. The van der Waals surface area contributed by atoms with E-state index in [0.717, 1.165) is 16.7 Å². The number of hydrogen-bond donors (Lipinski definition) is 1. The van der Waals surface area contributed by atoms with Crippen LogP contribution in [-0.4, -0.2) is 39.2 Å². The summed E-state index contributed by atoms with van der Waals surface area (Å²) in [4.78, 5) is 22.7. The van der Waals surface area contributed by atoms with Crippen LogP contribution in [0.5, 0.6) is 0 Å². The number of benzene rings is 1. The van der Waals surface area contributed by atoms with Crippen molar-refractivity contribution in [1.29, 1.82) is 0 Å². The molecule has 1 aromatic heterocycles. The summed E-state index contributed by atoms with van der Waals surface area (Å²) in [6.45, 7) is 6.32. The second-order valence-electron chi connectivity index (χ2n) is 8.81. The number of ether oxygens (including phenoxy) is 1. The summed E-state index contributed by atoms with van der Waals surface area (Å²) in [5.41, 5.74) is 1.84. The van der Waals surface area contributed by atoms with Gasteiger partial charge in [-0.15, -0.1) is 5.01 Å². The second-order valence-corrected chi connectivity index (χ2v) is 9.25. The van der Waals surface area contributed by atoms with Gasteiger partial charge in [0.05, 0.1) is 18.1 Å². The van der Waals surface area contributed by atoms with E-state index in [2.05, 4.69) is 10.3 Å². The van der Waals surface area contributed by atoms with E-state index in [4.69, 9.17) is 21.2 Å². The average Bonchev–Trinajstić information content (AvgIpc) is 3.39. The Bertz CT molecular complexity index is 1080. The lowest BCUT2D eigenvalue weighted by molar-refractivity contribution is -0.722. The molecule has 9 nitrogen and oxygen atoms in total. The zero-order valence-electron chi connectivity index (χ0n) is 18.8. The van der Waals surface area contributed by atoms with Crippen molar-refractivity contribution in [1.82, 2.24) is 9.99 Å². The van der Waals surface area contributed by atoms with Crippen LogP contribution >= 0.6 is 11.6 Å². The number of nitrogens with zero attached hydrogens (tertiary/aromatic N) is 4. The lowest BCUT2D eigenvalue weighted by atomic mass is 9.82. The Kier molecular flexibility index (Phi) is 6.45. The van der Waals surface area contributed by atoms with Crippen LogP contribution in [0.15, 0.2) is 35.7 Å². The molecule has 0 bridgehead atoms. The first-order valence-corrected chi connectivity index (χ1v) is 11.3. The lowest BCUT2D eigenvalue weighted by Crippen LogP contribution is -2.51. The van der Waals surface area contributed by atoms with Crippen molar-refractivity contribution in [2.45, 2.75) is 51.9 Å². The van der Waals surface area contributed by atoms with Crippen LogP contribution in [0.2, 0.25) is 5.02 Å². The summed E-state index contributed by atoms with van der Waals surface area (Å²) in [6.07, 6.45) is 2.08. The van der Waals surface area contributed by atoms with Gasteiger partial charge in [0, 0.05) is 28.0 Å². The highest BCUT2D eigenvalue weighted by atomic mass is 35.5.